The Morgan fingerprint density at radius 3 is 1.52 bits per heavy atom. The molecule has 0 saturated carbocycles. The fourth-order valence-electron chi connectivity index (χ4n) is 6.98. The van der Waals surface area contributed by atoms with E-state index in [-0.39, 0.29) is 0 Å². The minimum absolute atomic E-state index is 0.881. The van der Waals surface area contributed by atoms with Gasteiger partial charge in [-0.05, 0) is 93.5 Å². The molecule has 9 rings (SSSR count). The Labute approximate surface area is 292 Å². The largest absolute Gasteiger partial charge is 0.456 e. The van der Waals surface area contributed by atoms with Crippen molar-refractivity contribution in [2.24, 2.45) is 0 Å². The Balaban J connectivity index is 1.24. The van der Waals surface area contributed by atoms with Gasteiger partial charge < -0.3 is 9.32 Å². The van der Waals surface area contributed by atoms with Crippen LogP contribution in [-0.4, -0.2) is 0 Å². The molecule has 9 aromatic rings. The number of anilines is 3. The van der Waals surface area contributed by atoms with E-state index in [1.54, 1.807) is 0 Å². The standard InChI is InChI=1S/C48H33NO/c1-4-13-34(14-5-1)36-23-26-41(27-24-36)49(42-28-30-48-45(33-42)43-21-10-11-22-47(43)50-48)46-29-25-40(32-44(46)37-17-8-3-9-18-37)39-20-12-19-38(31-39)35-15-6-2-7-16-35/h1-33H. The minimum Gasteiger partial charge on any atom is -0.456 e. The molecule has 1 aromatic heterocycles. The van der Waals surface area contributed by atoms with Crippen LogP contribution in [0.2, 0.25) is 0 Å². The topological polar surface area (TPSA) is 16.4 Å². The molecule has 1 heterocycles. The van der Waals surface area contributed by atoms with Gasteiger partial charge in [0.15, 0.2) is 0 Å². The van der Waals surface area contributed by atoms with E-state index in [2.05, 4.69) is 193 Å². The van der Waals surface area contributed by atoms with Crippen molar-refractivity contribution in [1.29, 1.82) is 0 Å². The van der Waals surface area contributed by atoms with Gasteiger partial charge in [-0.15, -0.1) is 0 Å². The van der Waals surface area contributed by atoms with Gasteiger partial charge in [0, 0.05) is 27.7 Å². The van der Waals surface area contributed by atoms with Gasteiger partial charge in [0.05, 0.1) is 5.69 Å². The van der Waals surface area contributed by atoms with Gasteiger partial charge in [0.2, 0.25) is 0 Å². The van der Waals surface area contributed by atoms with E-state index in [0.29, 0.717) is 0 Å². The quantitative estimate of drug-likeness (QED) is 0.173. The van der Waals surface area contributed by atoms with Crippen LogP contribution < -0.4 is 4.90 Å². The van der Waals surface area contributed by atoms with Gasteiger partial charge in [-0.2, -0.15) is 0 Å². The molecule has 0 aliphatic carbocycles. The van der Waals surface area contributed by atoms with E-state index < -0.39 is 0 Å². The van der Waals surface area contributed by atoms with E-state index in [0.717, 1.165) is 50.1 Å². The van der Waals surface area contributed by atoms with Crippen molar-refractivity contribution in [1.82, 2.24) is 0 Å². The third-order valence-corrected chi connectivity index (χ3v) is 9.48. The van der Waals surface area contributed by atoms with E-state index in [1.807, 2.05) is 12.1 Å². The number of para-hydroxylation sites is 1. The van der Waals surface area contributed by atoms with Crippen LogP contribution in [0, 0.1) is 0 Å². The molecule has 2 heteroatoms. The molecule has 0 aliphatic rings. The molecule has 0 spiro atoms. The van der Waals surface area contributed by atoms with Crippen molar-refractivity contribution in [3.8, 4) is 44.5 Å². The van der Waals surface area contributed by atoms with Gasteiger partial charge in [0.1, 0.15) is 11.2 Å². The van der Waals surface area contributed by atoms with Crippen molar-refractivity contribution in [3.63, 3.8) is 0 Å². The minimum atomic E-state index is 0.881. The van der Waals surface area contributed by atoms with Crippen molar-refractivity contribution in [2.45, 2.75) is 0 Å². The molecular weight excluding hydrogens is 607 g/mol. The zero-order chi connectivity index (χ0) is 33.3. The second-order valence-electron chi connectivity index (χ2n) is 12.6. The molecular formula is C48H33NO. The summed E-state index contributed by atoms with van der Waals surface area (Å²) in [5.74, 6) is 0. The molecule has 8 aromatic carbocycles. The zero-order valence-electron chi connectivity index (χ0n) is 27.4. The van der Waals surface area contributed by atoms with Crippen LogP contribution in [0.3, 0.4) is 0 Å². The summed E-state index contributed by atoms with van der Waals surface area (Å²) in [7, 11) is 0. The summed E-state index contributed by atoms with van der Waals surface area (Å²) < 4.78 is 6.24. The highest BCUT2D eigenvalue weighted by molar-refractivity contribution is 6.07. The summed E-state index contributed by atoms with van der Waals surface area (Å²) in [5.41, 5.74) is 14.5. The maximum atomic E-state index is 6.24. The van der Waals surface area contributed by atoms with Crippen molar-refractivity contribution in [2.75, 3.05) is 4.90 Å². The number of hydrogen-bond acceptors (Lipinski definition) is 2. The van der Waals surface area contributed by atoms with Crippen LogP contribution in [0.25, 0.3) is 66.4 Å². The fourth-order valence-corrected chi connectivity index (χ4v) is 6.98. The first kappa shape index (κ1) is 29.5. The Hall–Kier alpha value is -6.64. The highest BCUT2D eigenvalue weighted by atomic mass is 16.3. The summed E-state index contributed by atoms with van der Waals surface area (Å²) in [6.45, 7) is 0. The van der Waals surface area contributed by atoms with Gasteiger partial charge in [0.25, 0.3) is 0 Å². The van der Waals surface area contributed by atoms with Crippen LogP contribution in [0.4, 0.5) is 17.1 Å². The van der Waals surface area contributed by atoms with Gasteiger partial charge in [-0.3, -0.25) is 0 Å². The summed E-state index contributed by atoms with van der Waals surface area (Å²) in [4.78, 5) is 2.38. The number of fused-ring (bicyclic) bond motifs is 3. The molecule has 0 unspecified atom stereocenters. The predicted octanol–water partition coefficient (Wildman–Crippen LogP) is 13.7. The van der Waals surface area contributed by atoms with E-state index in [9.17, 15) is 0 Å². The Kier molecular flexibility index (Phi) is 7.53. The molecule has 0 radical (unpaired) electrons. The van der Waals surface area contributed by atoms with Crippen LogP contribution in [0.1, 0.15) is 0 Å². The average Bonchev–Trinajstić information content (AvgIpc) is 3.58. The molecule has 0 N–H and O–H groups in total. The summed E-state index contributed by atoms with van der Waals surface area (Å²) >= 11 is 0. The number of nitrogens with zero attached hydrogens (tertiary/aromatic N) is 1. The van der Waals surface area contributed by atoms with Crippen LogP contribution in [-0.2, 0) is 0 Å². The van der Waals surface area contributed by atoms with Crippen LogP contribution in [0.15, 0.2) is 205 Å². The van der Waals surface area contributed by atoms with Crippen LogP contribution >= 0.6 is 0 Å². The lowest BCUT2D eigenvalue weighted by molar-refractivity contribution is 0.669. The van der Waals surface area contributed by atoms with Gasteiger partial charge in [-0.25, -0.2) is 0 Å². The Bertz CT molecular complexity index is 2570. The van der Waals surface area contributed by atoms with Crippen molar-refractivity contribution < 1.29 is 4.42 Å². The molecule has 236 valence electrons. The smallest absolute Gasteiger partial charge is 0.135 e. The lowest BCUT2D eigenvalue weighted by Crippen LogP contribution is -2.11. The molecule has 2 nitrogen and oxygen atoms in total. The van der Waals surface area contributed by atoms with E-state index in [1.165, 1.54) is 33.4 Å². The third kappa shape index (κ3) is 5.53. The lowest BCUT2D eigenvalue weighted by Gasteiger charge is -2.28. The van der Waals surface area contributed by atoms with E-state index >= 15 is 0 Å². The van der Waals surface area contributed by atoms with Gasteiger partial charge in [-0.1, -0.05) is 146 Å². The zero-order valence-corrected chi connectivity index (χ0v) is 27.4. The number of hydrogen-bond donors (Lipinski definition) is 0. The van der Waals surface area contributed by atoms with Crippen LogP contribution in [0.5, 0.6) is 0 Å². The highest BCUT2D eigenvalue weighted by Crippen LogP contribution is 2.44. The molecule has 0 bridgehead atoms. The molecule has 50 heavy (non-hydrogen) atoms. The van der Waals surface area contributed by atoms with Gasteiger partial charge >= 0.3 is 0 Å². The Morgan fingerprint density at radius 1 is 0.300 bits per heavy atom. The highest BCUT2D eigenvalue weighted by Gasteiger charge is 2.20. The normalized spacial score (nSPS) is 11.2. The second kappa shape index (κ2) is 12.8. The molecule has 0 fully saturated rings. The first-order valence-electron chi connectivity index (χ1n) is 17.0. The first-order chi connectivity index (χ1) is 24.8. The second-order valence-corrected chi connectivity index (χ2v) is 12.6. The maximum absolute atomic E-state index is 6.24. The third-order valence-electron chi connectivity index (χ3n) is 9.48. The fraction of sp³-hybridized carbons (Fsp3) is 0. The lowest BCUT2D eigenvalue weighted by atomic mass is 9.94. The summed E-state index contributed by atoms with van der Waals surface area (Å²) in [6, 6.07) is 71.2. The summed E-state index contributed by atoms with van der Waals surface area (Å²) in [5, 5.41) is 2.21. The first-order valence-corrected chi connectivity index (χ1v) is 17.0. The van der Waals surface area contributed by atoms with Crippen molar-refractivity contribution in [3.05, 3.63) is 200 Å². The number of rotatable bonds is 7. The predicted molar refractivity (Wildman–Crippen MR) is 210 cm³/mol. The monoisotopic (exact) mass is 639 g/mol. The maximum Gasteiger partial charge on any atom is 0.135 e. The molecule has 0 amide bonds. The number of benzene rings is 8. The summed E-state index contributed by atoms with van der Waals surface area (Å²) in [6.07, 6.45) is 0. The molecule has 0 saturated heterocycles. The molecule has 0 atom stereocenters. The molecule has 0 aliphatic heterocycles. The van der Waals surface area contributed by atoms with Crippen molar-refractivity contribution >= 4 is 39.0 Å². The van der Waals surface area contributed by atoms with E-state index in [4.69, 9.17) is 4.42 Å². The average molecular weight is 640 g/mol. The Morgan fingerprint density at radius 2 is 0.800 bits per heavy atom. The SMILES string of the molecule is c1ccc(-c2ccc(N(c3ccc4oc5ccccc5c4c3)c3ccc(-c4cccc(-c5ccccc5)c4)cc3-c3ccccc3)cc2)cc1. The number of furan rings is 1.